The Balaban J connectivity index is 1.88. The smallest absolute Gasteiger partial charge is 0.336 e. The van der Waals surface area contributed by atoms with Gasteiger partial charge in [0.25, 0.3) is 0 Å². The van der Waals surface area contributed by atoms with Gasteiger partial charge in [0, 0.05) is 28.1 Å². The fourth-order valence-corrected chi connectivity index (χ4v) is 4.42. The SMILES string of the molecule is COc1ccc([C@H]2CC(=O)N(c3cccc(Br)c3)C3=C2C(=O)OC3)c(OC)c1OC. The third-order valence-electron chi connectivity index (χ3n) is 5.29. The van der Waals surface area contributed by atoms with Crippen LogP contribution in [0.4, 0.5) is 5.69 Å². The van der Waals surface area contributed by atoms with E-state index in [1.807, 2.05) is 24.3 Å². The topological polar surface area (TPSA) is 74.3 Å². The van der Waals surface area contributed by atoms with E-state index in [2.05, 4.69) is 15.9 Å². The van der Waals surface area contributed by atoms with Crippen molar-refractivity contribution in [1.29, 1.82) is 0 Å². The van der Waals surface area contributed by atoms with Crippen molar-refractivity contribution in [3.8, 4) is 17.2 Å². The van der Waals surface area contributed by atoms with E-state index in [4.69, 9.17) is 18.9 Å². The molecule has 0 saturated carbocycles. The van der Waals surface area contributed by atoms with Crippen LogP contribution in [0.5, 0.6) is 17.2 Å². The molecule has 2 heterocycles. The number of ether oxygens (including phenoxy) is 4. The molecule has 0 N–H and O–H groups in total. The van der Waals surface area contributed by atoms with Crippen molar-refractivity contribution in [2.75, 3.05) is 32.8 Å². The molecule has 4 rings (SSSR count). The molecule has 0 fully saturated rings. The van der Waals surface area contributed by atoms with Gasteiger partial charge in [0.1, 0.15) is 6.61 Å². The number of methoxy groups -OCH3 is 3. The molecule has 8 heteroatoms. The summed E-state index contributed by atoms with van der Waals surface area (Å²) in [7, 11) is 4.56. The first-order valence-electron chi connectivity index (χ1n) is 9.27. The molecule has 2 aromatic rings. The maximum atomic E-state index is 13.2. The van der Waals surface area contributed by atoms with Crippen LogP contribution in [0.3, 0.4) is 0 Å². The lowest BCUT2D eigenvalue weighted by Crippen LogP contribution is -2.37. The average Bonchev–Trinajstić information content (AvgIpc) is 3.13. The summed E-state index contributed by atoms with van der Waals surface area (Å²) < 4.78 is 22.6. The molecule has 7 nitrogen and oxygen atoms in total. The van der Waals surface area contributed by atoms with Crippen molar-refractivity contribution in [2.45, 2.75) is 12.3 Å². The fraction of sp³-hybridized carbons (Fsp3) is 0.273. The molecule has 30 heavy (non-hydrogen) atoms. The number of esters is 1. The van der Waals surface area contributed by atoms with Gasteiger partial charge in [0.2, 0.25) is 11.7 Å². The molecule has 2 aliphatic rings. The van der Waals surface area contributed by atoms with E-state index in [9.17, 15) is 9.59 Å². The molecular formula is C22H20BrNO6. The molecule has 0 saturated heterocycles. The highest BCUT2D eigenvalue weighted by Gasteiger charge is 2.44. The van der Waals surface area contributed by atoms with Gasteiger partial charge < -0.3 is 18.9 Å². The number of amides is 1. The first-order valence-corrected chi connectivity index (χ1v) is 10.1. The van der Waals surface area contributed by atoms with Crippen LogP contribution in [0.1, 0.15) is 17.9 Å². The molecule has 1 amide bonds. The Morgan fingerprint density at radius 3 is 2.47 bits per heavy atom. The standard InChI is InChI=1S/C22H20BrNO6/c1-27-17-8-7-14(20(28-2)21(17)29-3)15-10-18(25)24(13-6-4-5-12(23)9-13)16-11-30-22(26)19(15)16/h4-9,15H,10-11H2,1-3H3/t15-/m1/s1. The molecule has 0 aliphatic carbocycles. The minimum absolute atomic E-state index is 0.0402. The van der Waals surface area contributed by atoms with Crippen molar-refractivity contribution in [3.05, 3.63) is 57.7 Å². The van der Waals surface area contributed by atoms with Gasteiger partial charge in [-0.1, -0.05) is 28.1 Å². The van der Waals surface area contributed by atoms with E-state index in [0.29, 0.717) is 39.8 Å². The zero-order chi connectivity index (χ0) is 21.4. The predicted molar refractivity (Wildman–Crippen MR) is 113 cm³/mol. The number of carbonyl (C=O) groups excluding carboxylic acids is 2. The normalized spacial score (nSPS) is 18.3. The van der Waals surface area contributed by atoms with Crippen molar-refractivity contribution in [3.63, 3.8) is 0 Å². The molecular weight excluding hydrogens is 454 g/mol. The average molecular weight is 474 g/mol. The highest BCUT2D eigenvalue weighted by molar-refractivity contribution is 9.10. The minimum atomic E-state index is -0.513. The maximum Gasteiger partial charge on any atom is 0.336 e. The van der Waals surface area contributed by atoms with Gasteiger partial charge in [0.05, 0.1) is 32.6 Å². The van der Waals surface area contributed by atoms with Crippen molar-refractivity contribution in [2.24, 2.45) is 0 Å². The lowest BCUT2D eigenvalue weighted by Gasteiger charge is -2.32. The quantitative estimate of drug-likeness (QED) is 0.614. The Morgan fingerprint density at radius 2 is 1.80 bits per heavy atom. The van der Waals surface area contributed by atoms with Gasteiger partial charge >= 0.3 is 5.97 Å². The number of carbonyl (C=O) groups is 2. The predicted octanol–water partition coefficient (Wildman–Crippen LogP) is 3.81. The highest BCUT2D eigenvalue weighted by Crippen LogP contribution is 2.49. The van der Waals surface area contributed by atoms with E-state index in [1.165, 1.54) is 21.3 Å². The Morgan fingerprint density at radius 1 is 1.03 bits per heavy atom. The van der Waals surface area contributed by atoms with E-state index >= 15 is 0 Å². The van der Waals surface area contributed by atoms with Crippen LogP contribution in [0.25, 0.3) is 0 Å². The van der Waals surface area contributed by atoms with Gasteiger partial charge in [0.15, 0.2) is 11.5 Å². The van der Waals surface area contributed by atoms with E-state index in [-0.39, 0.29) is 18.9 Å². The van der Waals surface area contributed by atoms with Crippen molar-refractivity contribution >= 4 is 33.5 Å². The van der Waals surface area contributed by atoms with E-state index in [1.54, 1.807) is 17.0 Å². The summed E-state index contributed by atoms with van der Waals surface area (Å²) in [6.45, 7) is 0.0402. The number of benzene rings is 2. The highest BCUT2D eigenvalue weighted by atomic mass is 79.9. The maximum absolute atomic E-state index is 13.2. The van der Waals surface area contributed by atoms with Gasteiger partial charge in [-0.25, -0.2) is 4.79 Å². The lowest BCUT2D eigenvalue weighted by molar-refractivity contribution is -0.136. The number of nitrogens with zero attached hydrogens (tertiary/aromatic N) is 1. The number of hydrogen-bond acceptors (Lipinski definition) is 6. The zero-order valence-electron chi connectivity index (χ0n) is 16.7. The van der Waals surface area contributed by atoms with Crippen LogP contribution in [-0.2, 0) is 14.3 Å². The summed E-state index contributed by atoms with van der Waals surface area (Å²) >= 11 is 3.44. The van der Waals surface area contributed by atoms with Crippen LogP contribution in [0, 0.1) is 0 Å². The molecule has 0 spiro atoms. The van der Waals surface area contributed by atoms with Crippen LogP contribution in [0.2, 0.25) is 0 Å². The first kappa shape index (κ1) is 20.3. The monoisotopic (exact) mass is 473 g/mol. The largest absolute Gasteiger partial charge is 0.493 e. The van der Waals surface area contributed by atoms with E-state index in [0.717, 1.165) is 4.47 Å². The Labute approximate surface area is 182 Å². The molecule has 0 aromatic heterocycles. The number of hydrogen-bond donors (Lipinski definition) is 0. The molecule has 1 atom stereocenters. The van der Waals surface area contributed by atoms with Crippen molar-refractivity contribution < 1.29 is 28.5 Å². The molecule has 2 aromatic carbocycles. The van der Waals surface area contributed by atoms with Crippen LogP contribution >= 0.6 is 15.9 Å². The second-order valence-electron chi connectivity index (χ2n) is 6.83. The van der Waals surface area contributed by atoms with Crippen LogP contribution in [0.15, 0.2) is 52.1 Å². The Bertz CT molecular complexity index is 1060. The van der Waals surface area contributed by atoms with Gasteiger partial charge in [-0.05, 0) is 24.3 Å². The summed E-state index contributed by atoms with van der Waals surface area (Å²) in [5.41, 5.74) is 2.36. The van der Waals surface area contributed by atoms with Gasteiger partial charge in [-0.2, -0.15) is 0 Å². The minimum Gasteiger partial charge on any atom is -0.493 e. The summed E-state index contributed by atoms with van der Waals surface area (Å²) in [6.07, 6.45) is 0.0896. The Hall–Kier alpha value is -3.00. The lowest BCUT2D eigenvalue weighted by atomic mass is 9.83. The van der Waals surface area contributed by atoms with Crippen molar-refractivity contribution in [1.82, 2.24) is 0 Å². The number of rotatable bonds is 5. The third-order valence-corrected chi connectivity index (χ3v) is 5.79. The van der Waals surface area contributed by atoms with E-state index < -0.39 is 11.9 Å². The summed E-state index contributed by atoms with van der Waals surface area (Å²) in [5, 5.41) is 0. The summed E-state index contributed by atoms with van der Waals surface area (Å²) in [4.78, 5) is 27.5. The van der Waals surface area contributed by atoms with Crippen LogP contribution < -0.4 is 19.1 Å². The molecule has 0 unspecified atom stereocenters. The summed E-state index contributed by atoms with van der Waals surface area (Å²) in [6, 6.07) is 10.9. The Kier molecular flexibility index (Phi) is 5.42. The molecule has 0 radical (unpaired) electrons. The van der Waals surface area contributed by atoms with Crippen LogP contribution in [-0.4, -0.2) is 39.8 Å². The van der Waals surface area contributed by atoms with Gasteiger partial charge in [-0.15, -0.1) is 0 Å². The number of halogens is 1. The number of cyclic esters (lactones) is 1. The molecule has 0 bridgehead atoms. The molecule has 2 aliphatic heterocycles. The molecule has 156 valence electrons. The third kappa shape index (κ3) is 3.21. The fourth-order valence-electron chi connectivity index (χ4n) is 4.03. The first-order chi connectivity index (χ1) is 14.5. The van der Waals surface area contributed by atoms with Gasteiger partial charge in [-0.3, -0.25) is 9.69 Å². The zero-order valence-corrected chi connectivity index (χ0v) is 18.3. The number of anilines is 1. The second kappa shape index (κ2) is 8.02. The summed E-state index contributed by atoms with van der Waals surface area (Å²) in [5.74, 6) is 0.260. The second-order valence-corrected chi connectivity index (χ2v) is 7.74.